The first-order chi connectivity index (χ1) is 18.2. The van der Waals surface area contributed by atoms with Gasteiger partial charge in [0.15, 0.2) is 5.65 Å². The first-order valence-corrected chi connectivity index (χ1v) is 14.4. The molecule has 8 nitrogen and oxygen atoms in total. The van der Waals surface area contributed by atoms with Crippen molar-refractivity contribution >= 4 is 46.2 Å². The summed E-state index contributed by atoms with van der Waals surface area (Å²) in [4.78, 5) is 26.3. The van der Waals surface area contributed by atoms with Crippen molar-refractivity contribution in [3.63, 3.8) is 0 Å². The predicted molar refractivity (Wildman–Crippen MR) is 149 cm³/mol. The van der Waals surface area contributed by atoms with E-state index < -0.39 is 5.97 Å². The topological polar surface area (TPSA) is 87.4 Å². The number of nitrogens with zero attached hydrogens (tertiary/aromatic N) is 6. The van der Waals surface area contributed by atoms with Crippen molar-refractivity contribution in [3.8, 4) is 0 Å². The predicted octanol–water partition coefficient (Wildman–Crippen LogP) is 5.45. The number of carboxylic acid groups (broad SMARTS) is 1. The number of hydrogen-bond donors (Lipinski definition) is 1. The van der Waals surface area contributed by atoms with Crippen molar-refractivity contribution in [2.45, 2.75) is 64.6 Å². The lowest BCUT2D eigenvalue weighted by atomic mass is 9.91. The number of benzene rings is 1. The van der Waals surface area contributed by atoms with Gasteiger partial charge >= 0.3 is 5.97 Å². The maximum absolute atomic E-state index is 11.5. The SMILES string of the molecule is Cc1nn(C(C)c2ccc(Cl)cc2Cl)c2nc(N3CCC(N4CCC[C@H]4[C@@H]4CC4C(=O)O)C(C)C3)cnc12. The molecule has 2 aromatic heterocycles. The highest BCUT2D eigenvalue weighted by Gasteiger charge is 2.52. The zero-order chi connectivity index (χ0) is 26.7. The first kappa shape index (κ1) is 25.8. The van der Waals surface area contributed by atoms with E-state index in [9.17, 15) is 9.90 Å². The highest BCUT2D eigenvalue weighted by atomic mass is 35.5. The monoisotopic (exact) mass is 556 g/mol. The van der Waals surface area contributed by atoms with E-state index in [1.807, 2.05) is 29.9 Å². The van der Waals surface area contributed by atoms with E-state index in [2.05, 4.69) is 23.6 Å². The van der Waals surface area contributed by atoms with Crippen LogP contribution in [0.25, 0.3) is 11.2 Å². The molecule has 6 rings (SSSR count). The summed E-state index contributed by atoms with van der Waals surface area (Å²) in [7, 11) is 0. The van der Waals surface area contributed by atoms with Gasteiger partial charge in [0, 0.05) is 35.2 Å². The Balaban J connectivity index is 1.22. The largest absolute Gasteiger partial charge is 0.481 e. The highest BCUT2D eigenvalue weighted by Crippen LogP contribution is 2.48. The average molecular weight is 558 g/mol. The van der Waals surface area contributed by atoms with Gasteiger partial charge in [0.1, 0.15) is 11.3 Å². The molecule has 1 aliphatic carbocycles. The van der Waals surface area contributed by atoms with Gasteiger partial charge in [-0.15, -0.1) is 0 Å². The zero-order valence-corrected chi connectivity index (χ0v) is 23.5. The lowest BCUT2D eigenvalue weighted by Crippen LogP contribution is -2.52. The van der Waals surface area contributed by atoms with Crippen LogP contribution in [0.3, 0.4) is 0 Å². The van der Waals surface area contributed by atoms with Crippen LogP contribution in [0, 0.1) is 24.7 Å². The first-order valence-electron chi connectivity index (χ1n) is 13.6. The van der Waals surface area contributed by atoms with Gasteiger partial charge in [-0.3, -0.25) is 9.69 Å². The Morgan fingerprint density at radius 1 is 1.18 bits per heavy atom. The number of halogens is 2. The Morgan fingerprint density at radius 2 is 2.00 bits per heavy atom. The van der Waals surface area contributed by atoms with Crippen molar-refractivity contribution in [1.29, 1.82) is 0 Å². The van der Waals surface area contributed by atoms with E-state index in [0.717, 1.165) is 67.1 Å². The molecule has 10 heteroatoms. The van der Waals surface area contributed by atoms with Crippen LogP contribution in [0.4, 0.5) is 5.82 Å². The maximum atomic E-state index is 11.5. The molecule has 1 N–H and O–H groups in total. The second kappa shape index (κ2) is 9.96. The third-order valence-electron chi connectivity index (χ3n) is 8.94. The van der Waals surface area contributed by atoms with Crippen LogP contribution >= 0.6 is 23.2 Å². The summed E-state index contributed by atoms with van der Waals surface area (Å²) in [5.41, 5.74) is 3.32. The number of aryl methyl sites for hydroxylation is 1. The normalized spacial score (nSPS) is 28.7. The minimum absolute atomic E-state index is 0.130. The number of fused-ring (bicyclic) bond motifs is 1. The van der Waals surface area contributed by atoms with E-state index in [0.29, 0.717) is 34.0 Å². The van der Waals surface area contributed by atoms with E-state index in [-0.39, 0.29) is 12.0 Å². The molecule has 0 bridgehead atoms. The van der Waals surface area contributed by atoms with Gasteiger partial charge in [0.25, 0.3) is 0 Å². The Kier molecular flexibility index (Phi) is 6.77. The van der Waals surface area contributed by atoms with Crippen molar-refractivity contribution in [2.75, 3.05) is 24.5 Å². The summed E-state index contributed by atoms with van der Waals surface area (Å²) in [6.45, 7) is 9.21. The Hall–Kier alpha value is -2.42. The van der Waals surface area contributed by atoms with Crippen LogP contribution in [0.1, 0.15) is 56.8 Å². The van der Waals surface area contributed by atoms with Crippen LogP contribution in [0.5, 0.6) is 0 Å². The van der Waals surface area contributed by atoms with Crippen LogP contribution in [-0.2, 0) is 4.79 Å². The molecule has 4 unspecified atom stereocenters. The minimum atomic E-state index is -0.624. The second-order valence-electron chi connectivity index (χ2n) is 11.3. The van der Waals surface area contributed by atoms with Gasteiger partial charge in [-0.25, -0.2) is 14.6 Å². The minimum Gasteiger partial charge on any atom is -0.481 e. The molecule has 0 spiro atoms. The average Bonchev–Trinajstić information content (AvgIpc) is 3.43. The van der Waals surface area contributed by atoms with Crippen molar-refractivity contribution in [3.05, 3.63) is 45.7 Å². The number of aromatic nitrogens is 4. The molecule has 3 aliphatic rings. The molecule has 2 aliphatic heterocycles. The fourth-order valence-corrected chi connectivity index (χ4v) is 7.45. The highest BCUT2D eigenvalue weighted by molar-refractivity contribution is 6.35. The molecule has 2 saturated heterocycles. The molecule has 38 heavy (non-hydrogen) atoms. The summed E-state index contributed by atoms with van der Waals surface area (Å²) in [6, 6.07) is 6.31. The Bertz CT molecular complexity index is 1380. The molecule has 3 aromatic rings. The molecule has 1 saturated carbocycles. The molecular weight excluding hydrogens is 523 g/mol. The molecular formula is C28H34Cl2N6O2. The molecule has 0 amide bonds. The summed E-state index contributed by atoms with van der Waals surface area (Å²) in [5, 5.41) is 15.4. The third kappa shape index (κ3) is 4.54. The van der Waals surface area contributed by atoms with Crippen LogP contribution < -0.4 is 4.90 Å². The van der Waals surface area contributed by atoms with Crippen LogP contribution in [-0.4, -0.2) is 67.4 Å². The van der Waals surface area contributed by atoms with E-state index in [1.165, 1.54) is 6.42 Å². The van der Waals surface area contributed by atoms with Crippen molar-refractivity contribution in [2.24, 2.45) is 17.8 Å². The Morgan fingerprint density at radius 3 is 2.71 bits per heavy atom. The molecule has 6 atom stereocenters. The number of rotatable bonds is 6. The van der Waals surface area contributed by atoms with Crippen molar-refractivity contribution in [1.82, 2.24) is 24.6 Å². The third-order valence-corrected chi connectivity index (χ3v) is 9.50. The number of hydrogen-bond acceptors (Lipinski definition) is 6. The summed E-state index contributed by atoms with van der Waals surface area (Å²) in [6.07, 6.45) is 6.04. The fraction of sp³-hybridized carbons (Fsp3) is 0.571. The molecule has 1 aromatic carbocycles. The number of aliphatic carboxylic acids is 1. The molecule has 0 radical (unpaired) electrons. The summed E-state index contributed by atoms with van der Waals surface area (Å²) < 4.78 is 1.91. The van der Waals surface area contributed by atoms with Gasteiger partial charge in [-0.1, -0.05) is 36.2 Å². The van der Waals surface area contributed by atoms with Crippen LogP contribution in [0.15, 0.2) is 24.4 Å². The van der Waals surface area contributed by atoms with E-state index in [4.69, 9.17) is 38.3 Å². The molecule has 202 valence electrons. The standard InChI is InChI=1S/C28H34Cl2N6O2/c1-15-14-34(10-8-23(15)35-9-4-5-24(35)20-12-21(20)28(37)38)25-13-31-26-16(2)33-36(27(26)32-25)17(3)19-7-6-18(29)11-22(19)30/h6-7,11,13,15,17,20-21,23-24H,4-5,8-10,12,14H2,1-3H3,(H,37,38)/t15?,17?,20-,21?,23?,24+/m1/s1. The van der Waals surface area contributed by atoms with Crippen molar-refractivity contribution < 1.29 is 9.90 Å². The molecule has 4 heterocycles. The number of likely N-dealkylation sites (tertiary alicyclic amines) is 1. The molecule has 3 fully saturated rings. The lowest BCUT2D eigenvalue weighted by Gasteiger charge is -2.44. The lowest BCUT2D eigenvalue weighted by molar-refractivity contribution is -0.139. The maximum Gasteiger partial charge on any atom is 0.306 e. The Labute approximate surface area is 232 Å². The number of piperidine rings is 1. The summed E-state index contributed by atoms with van der Waals surface area (Å²) >= 11 is 12.6. The van der Waals surface area contributed by atoms with Gasteiger partial charge in [-0.2, -0.15) is 5.10 Å². The van der Waals surface area contributed by atoms with Gasteiger partial charge in [0.05, 0.1) is 23.9 Å². The van der Waals surface area contributed by atoms with Gasteiger partial charge in [0.2, 0.25) is 0 Å². The second-order valence-corrected chi connectivity index (χ2v) is 12.2. The van der Waals surface area contributed by atoms with E-state index in [1.54, 1.807) is 6.07 Å². The number of carboxylic acids is 1. The van der Waals surface area contributed by atoms with Crippen LogP contribution in [0.2, 0.25) is 10.0 Å². The number of carbonyl (C=O) groups is 1. The zero-order valence-electron chi connectivity index (χ0n) is 22.0. The fourth-order valence-electron chi connectivity index (χ4n) is 6.88. The van der Waals surface area contributed by atoms with Gasteiger partial charge in [-0.05, 0) is 75.6 Å². The number of anilines is 1. The smallest absolute Gasteiger partial charge is 0.306 e. The summed E-state index contributed by atoms with van der Waals surface area (Å²) in [5.74, 6) is 0.872. The van der Waals surface area contributed by atoms with Gasteiger partial charge < -0.3 is 10.0 Å². The van der Waals surface area contributed by atoms with E-state index >= 15 is 0 Å². The quantitative estimate of drug-likeness (QED) is 0.431.